The number of anilines is 1. The number of hydrogen-bond donors (Lipinski definition) is 1. The van der Waals surface area contributed by atoms with Gasteiger partial charge in [-0.3, -0.25) is 0 Å². The maximum absolute atomic E-state index is 14.6. The second-order valence-electron chi connectivity index (χ2n) is 7.31. The van der Waals surface area contributed by atoms with Gasteiger partial charge < -0.3 is 9.88 Å². The van der Waals surface area contributed by atoms with Crippen LogP contribution < -0.4 is 10.6 Å². The molecule has 3 aromatic rings. The van der Waals surface area contributed by atoms with E-state index >= 15 is 0 Å². The minimum absolute atomic E-state index is 0.0808. The zero-order valence-electron chi connectivity index (χ0n) is 16.6. The molecular weight excluding hydrogens is 502 g/mol. The normalized spacial score (nSPS) is 13.1. The Bertz CT molecular complexity index is 1190. The zero-order chi connectivity index (χ0) is 22.4. The lowest BCUT2D eigenvalue weighted by molar-refractivity contribution is 0.146. The van der Waals surface area contributed by atoms with Crippen LogP contribution in [0.5, 0.6) is 0 Å². The molecular formula is C20H19BrClF3N3OP. The maximum atomic E-state index is 14.6. The Morgan fingerprint density at radius 1 is 1.20 bits per heavy atom. The number of nitrogens with one attached hydrogen (secondary N) is 1. The molecule has 1 aromatic heterocycles. The van der Waals surface area contributed by atoms with Crippen LogP contribution in [-0.2, 0) is 4.57 Å². The molecule has 2 aromatic carbocycles. The van der Waals surface area contributed by atoms with Crippen LogP contribution in [0.4, 0.5) is 19.0 Å². The van der Waals surface area contributed by atoms with E-state index in [1.54, 1.807) is 33.2 Å². The van der Waals surface area contributed by atoms with Crippen LogP contribution in [0.25, 0.3) is 10.9 Å². The molecule has 0 aliphatic rings. The first kappa shape index (κ1) is 23.0. The molecule has 0 saturated heterocycles. The fourth-order valence-corrected chi connectivity index (χ4v) is 6.08. The van der Waals surface area contributed by atoms with Crippen molar-refractivity contribution in [2.45, 2.75) is 26.3 Å². The minimum Gasteiger partial charge on any atom is -0.363 e. The molecule has 1 heterocycles. The van der Waals surface area contributed by atoms with Crippen molar-refractivity contribution in [1.29, 1.82) is 0 Å². The lowest BCUT2D eigenvalue weighted by Gasteiger charge is -2.20. The van der Waals surface area contributed by atoms with E-state index in [0.717, 1.165) is 6.07 Å². The smallest absolute Gasteiger partial charge is 0.266 e. The van der Waals surface area contributed by atoms with Gasteiger partial charge in [0.25, 0.3) is 6.43 Å². The van der Waals surface area contributed by atoms with E-state index in [4.69, 9.17) is 11.6 Å². The first-order chi connectivity index (χ1) is 13.9. The molecule has 30 heavy (non-hydrogen) atoms. The molecule has 4 nitrogen and oxygen atoms in total. The molecule has 3 rings (SSSR count). The first-order valence-corrected chi connectivity index (χ1v) is 12.7. The fraction of sp³-hybridized carbons (Fsp3) is 0.300. The molecule has 10 heteroatoms. The SMILES string of the molecule is Cc1nc(NC(C)c2cccc(C(F)F)c2F)c2cc(P(C)(C)=O)c(Br)c(Cl)c2n1. The summed E-state index contributed by atoms with van der Waals surface area (Å²) in [7, 11) is -2.69. The average molecular weight is 521 g/mol. The highest BCUT2D eigenvalue weighted by molar-refractivity contribution is 9.10. The van der Waals surface area contributed by atoms with Gasteiger partial charge in [-0.25, -0.2) is 23.1 Å². The van der Waals surface area contributed by atoms with E-state index in [2.05, 4.69) is 31.2 Å². The van der Waals surface area contributed by atoms with Crippen molar-refractivity contribution < 1.29 is 17.7 Å². The van der Waals surface area contributed by atoms with Gasteiger partial charge in [0.1, 0.15) is 24.6 Å². The standard InChI is InChI=1S/C20H19BrClF3N3OP/c1-9(11-6-5-7-12(17(11)23)19(24)25)26-20-13-8-14(30(3,4)29)15(21)16(22)18(13)27-10(2)28-20/h5-9,19H,1-4H3,(H,26,27,28). The third-order valence-corrected chi connectivity index (χ3v) is 7.90. The fourth-order valence-electron chi connectivity index (χ4n) is 3.16. The van der Waals surface area contributed by atoms with Crippen molar-refractivity contribution in [2.75, 3.05) is 18.6 Å². The summed E-state index contributed by atoms with van der Waals surface area (Å²) >= 11 is 9.89. The van der Waals surface area contributed by atoms with Crippen molar-refractivity contribution in [3.63, 3.8) is 0 Å². The van der Waals surface area contributed by atoms with Gasteiger partial charge >= 0.3 is 0 Å². The number of nitrogens with zero attached hydrogens (tertiary/aromatic N) is 2. The van der Waals surface area contributed by atoms with Crippen LogP contribution in [0.3, 0.4) is 0 Å². The van der Waals surface area contributed by atoms with Crippen molar-refractivity contribution in [3.8, 4) is 0 Å². The minimum atomic E-state index is -2.92. The van der Waals surface area contributed by atoms with Gasteiger partial charge in [-0.2, -0.15) is 0 Å². The van der Waals surface area contributed by atoms with Gasteiger partial charge in [0, 0.05) is 20.7 Å². The molecule has 0 amide bonds. The number of hydrogen-bond acceptors (Lipinski definition) is 4. The Morgan fingerprint density at radius 3 is 2.43 bits per heavy atom. The predicted octanol–water partition coefficient (Wildman–Crippen LogP) is 6.85. The lowest BCUT2D eigenvalue weighted by Crippen LogP contribution is -2.14. The average Bonchev–Trinajstić information content (AvgIpc) is 2.63. The Balaban J connectivity index is 2.16. The molecule has 1 atom stereocenters. The third kappa shape index (κ3) is 4.36. The molecule has 0 bridgehead atoms. The van der Waals surface area contributed by atoms with Crippen LogP contribution in [0.2, 0.25) is 5.02 Å². The van der Waals surface area contributed by atoms with Gasteiger partial charge in [-0.15, -0.1) is 0 Å². The number of alkyl halides is 2. The summed E-state index contributed by atoms with van der Waals surface area (Å²) in [5.74, 6) is -0.205. The predicted molar refractivity (Wildman–Crippen MR) is 119 cm³/mol. The number of fused-ring (bicyclic) bond motifs is 1. The van der Waals surface area contributed by atoms with Gasteiger partial charge in [0.05, 0.1) is 22.1 Å². The summed E-state index contributed by atoms with van der Waals surface area (Å²) in [6.07, 6.45) is -2.92. The van der Waals surface area contributed by atoms with Gasteiger partial charge in [0.2, 0.25) is 0 Å². The van der Waals surface area contributed by atoms with Crippen LogP contribution in [0.15, 0.2) is 28.7 Å². The van der Waals surface area contributed by atoms with Crippen molar-refractivity contribution in [2.24, 2.45) is 0 Å². The molecule has 0 fully saturated rings. The Hall–Kier alpha value is -1.63. The molecule has 0 aliphatic carbocycles. The van der Waals surface area contributed by atoms with E-state index in [-0.39, 0.29) is 5.56 Å². The quantitative estimate of drug-likeness (QED) is 0.374. The Labute approximate surface area is 185 Å². The topological polar surface area (TPSA) is 54.9 Å². The van der Waals surface area contributed by atoms with E-state index in [1.165, 1.54) is 12.1 Å². The summed E-state index contributed by atoms with van der Waals surface area (Å²) in [6, 6.07) is 4.90. The number of aryl methyl sites for hydroxylation is 1. The molecule has 160 valence electrons. The zero-order valence-corrected chi connectivity index (χ0v) is 19.8. The summed E-state index contributed by atoms with van der Waals surface area (Å²) in [6.45, 7) is 6.55. The monoisotopic (exact) mass is 519 g/mol. The molecule has 0 spiro atoms. The summed E-state index contributed by atoms with van der Waals surface area (Å²) in [5, 5.41) is 4.39. The molecule has 1 N–H and O–H groups in total. The van der Waals surface area contributed by atoms with Gasteiger partial charge in [-0.1, -0.05) is 29.8 Å². The number of benzene rings is 2. The highest BCUT2D eigenvalue weighted by atomic mass is 79.9. The highest BCUT2D eigenvalue weighted by Crippen LogP contribution is 2.43. The van der Waals surface area contributed by atoms with E-state index in [0.29, 0.717) is 37.3 Å². The highest BCUT2D eigenvalue weighted by Gasteiger charge is 2.24. The second kappa shape index (κ2) is 8.48. The molecule has 0 saturated carbocycles. The lowest BCUT2D eigenvalue weighted by atomic mass is 10.0. The molecule has 0 aliphatic heterocycles. The van der Waals surface area contributed by atoms with E-state index in [1.807, 2.05) is 0 Å². The number of rotatable bonds is 5. The number of aromatic nitrogens is 2. The maximum Gasteiger partial charge on any atom is 0.266 e. The van der Waals surface area contributed by atoms with Crippen LogP contribution in [0.1, 0.15) is 36.3 Å². The van der Waals surface area contributed by atoms with Crippen LogP contribution in [0, 0.1) is 12.7 Å². The summed E-state index contributed by atoms with van der Waals surface area (Å²) in [4.78, 5) is 8.77. The first-order valence-electron chi connectivity index (χ1n) is 8.96. The van der Waals surface area contributed by atoms with Crippen LogP contribution >= 0.6 is 34.7 Å². The van der Waals surface area contributed by atoms with Crippen LogP contribution in [-0.4, -0.2) is 23.3 Å². The third-order valence-electron chi connectivity index (χ3n) is 4.66. The second-order valence-corrected chi connectivity index (χ2v) is 11.7. The Morgan fingerprint density at radius 2 is 1.83 bits per heavy atom. The van der Waals surface area contributed by atoms with Crippen molar-refractivity contribution in [1.82, 2.24) is 9.97 Å². The van der Waals surface area contributed by atoms with E-state index in [9.17, 15) is 17.7 Å². The molecule has 0 radical (unpaired) electrons. The van der Waals surface area contributed by atoms with Gasteiger partial charge in [-0.05, 0) is 49.2 Å². The largest absolute Gasteiger partial charge is 0.363 e. The summed E-state index contributed by atoms with van der Waals surface area (Å²) in [5.41, 5.74) is -0.140. The summed E-state index contributed by atoms with van der Waals surface area (Å²) < 4.78 is 54.0. The van der Waals surface area contributed by atoms with Gasteiger partial charge in [0.15, 0.2) is 0 Å². The Kier molecular flexibility index (Phi) is 6.51. The van der Waals surface area contributed by atoms with E-state index < -0.39 is 31.0 Å². The molecule has 1 unspecified atom stereocenters. The van der Waals surface area contributed by atoms with Crippen molar-refractivity contribution in [3.05, 3.63) is 56.5 Å². The van der Waals surface area contributed by atoms with Crippen molar-refractivity contribution >= 4 is 56.7 Å². The number of halogens is 5.